The zero-order valence-electron chi connectivity index (χ0n) is 20.4. The molecule has 0 radical (unpaired) electrons. The number of guanidine groups is 1. The molecule has 37 heavy (non-hydrogen) atoms. The molecule has 11 nitrogen and oxygen atoms in total. The molecule has 0 saturated carbocycles. The summed E-state index contributed by atoms with van der Waals surface area (Å²) in [5.74, 6) is -2.20. The maximum Gasteiger partial charge on any atom is 0.326 e. The van der Waals surface area contributed by atoms with Crippen molar-refractivity contribution in [3.63, 3.8) is 0 Å². The third kappa shape index (κ3) is 8.10. The van der Waals surface area contributed by atoms with Gasteiger partial charge in [0.15, 0.2) is 5.96 Å². The van der Waals surface area contributed by atoms with E-state index in [2.05, 4.69) is 25.6 Å². The quantitative estimate of drug-likeness (QED) is 0.187. The van der Waals surface area contributed by atoms with Crippen molar-refractivity contribution in [3.05, 3.63) is 65.3 Å². The normalized spacial score (nSPS) is 12.4. The summed E-state index contributed by atoms with van der Waals surface area (Å²) in [6, 6.07) is 8.06. The number of rotatable bonds is 11. The fourth-order valence-electron chi connectivity index (χ4n) is 3.52. The maximum absolute atomic E-state index is 13.0. The van der Waals surface area contributed by atoms with E-state index in [4.69, 9.17) is 11.5 Å². The molecule has 12 heteroatoms. The van der Waals surface area contributed by atoms with Crippen LogP contribution in [0.2, 0.25) is 0 Å². The number of aliphatic carboxylic acids is 1. The summed E-state index contributed by atoms with van der Waals surface area (Å²) >= 11 is 1.28. The van der Waals surface area contributed by atoms with Gasteiger partial charge in [0, 0.05) is 35.3 Å². The molecule has 0 aliphatic heterocycles. The Bertz CT molecular complexity index is 1260. The van der Waals surface area contributed by atoms with Gasteiger partial charge in [0.1, 0.15) is 12.1 Å². The smallest absolute Gasteiger partial charge is 0.326 e. The van der Waals surface area contributed by atoms with E-state index in [9.17, 15) is 19.5 Å². The topological polar surface area (TPSA) is 186 Å². The number of aromatic nitrogens is 2. The van der Waals surface area contributed by atoms with E-state index in [1.54, 1.807) is 54.2 Å². The summed E-state index contributed by atoms with van der Waals surface area (Å²) in [6.07, 6.45) is 3.54. The molecular formula is C25H29N7O4S. The number of carboxylic acid groups (broad SMARTS) is 1. The summed E-state index contributed by atoms with van der Waals surface area (Å²) in [6.45, 7) is 3.83. The van der Waals surface area contributed by atoms with Gasteiger partial charge in [-0.05, 0) is 36.1 Å². The number of hydrogen-bond acceptors (Lipinski definition) is 7. The first-order valence-corrected chi connectivity index (χ1v) is 12.4. The van der Waals surface area contributed by atoms with Gasteiger partial charge in [0.25, 0.3) is 5.91 Å². The summed E-state index contributed by atoms with van der Waals surface area (Å²) < 4.78 is 0. The molecule has 0 aliphatic carbocycles. The third-order valence-corrected chi connectivity index (χ3v) is 6.00. The summed E-state index contributed by atoms with van der Waals surface area (Å²) in [7, 11) is 0. The molecule has 0 spiro atoms. The van der Waals surface area contributed by atoms with E-state index < -0.39 is 29.9 Å². The Balaban J connectivity index is 1.69. The highest BCUT2D eigenvalue weighted by Gasteiger charge is 2.27. The van der Waals surface area contributed by atoms with Gasteiger partial charge in [-0.25, -0.2) is 9.78 Å². The number of thiazole rings is 1. The number of carbonyl (C=O) groups excluding carboxylic acids is 2. The Labute approximate surface area is 218 Å². The number of nitrogens with two attached hydrogens (primary N) is 2. The van der Waals surface area contributed by atoms with Crippen LogP contribution < -0.4 is 22.1 Å². The van der Waals surface area contributed by atoms with Gasteiger partial charge in [-0.3, -0.25) is 14.6 Å². The van der Waals surface area contributed by atoms with Crippen molar-refractivity contribution in [3.8, 4) is 11.3 Å². The van der Waals surface area contributed by atoms with Crippen LogP contribution in [0.25, 0.3) is 11.3 Å². The van der Waals surface area contributed by atoms with Crippen LogP contribution in [0.5, 0.6) is 0 Å². The first-order valence-electron chi connectivity index (χ1n) is 11.5. The third-order valence-electron chi connectivity index (χ3n) is 5.27. The van der Waals surface area contributed by atoms with E-state index in [1.807, 2.05) is 13.8 Å². The molecule has 194 valence electrons. The molecule has 3 aromatic rings. The average Bonchev–Trinajstić information content (AvgIpc) is 3.31. The minimum atomic E-state index is -1.17. The summed E-state index contributed by atoms with van der Waals surface area (Å²) in [5.41, 5.74) is 13.2. The Hall–Kier alpha value is -4.32. The first-order chi connectivity index (χ1) is 17.6. The molecule has 7 N–H and O–H groups in total. The van der Waals surface area contributed by atoms with Crippen LogP contribution in [0.15, 0.2) is 59.2 Å². The zero-order chi connectivity index (χ0) is 26.9. The van der Waals surface area contributed by atoms with Gasteiger partial charge in [0.2, 0.25) is 11.0 Å². The Morgan fingerprint density at radius 1 is 1.08 bits per heavy atom. The molecule has 3 rings (SSSR count). The number of hydrogen-bond donors (Lipinski definition) is 5. The van der Waals surface area contributed by atoms with Crippen molar-refractivity contribution >= 4 is 40.2 Å². The molecular weight excluding hydrogens is 494 g/mol. The Morgan fingerprint density at radius 3 is 2.41 bits per heavy atom. The highest BCUT2D eigenvalue weighted by molar-refractivity contribution is 7.13. The predicted octanol–water partition coefficient (Wildman–Crippen LogP) is 2.07. The lowest BCUT2D eigenvalue weighted by molar-refractivity contribution is -0.142. The van der Waals surface area contributed by atoms with E-state index in [0.29, 0.717) is 28.4 Å². The SMILES string of the molecule is CC(C)C[C@H](NC(=O)c1ccc(-c2csc(N=C(N)N)n2)cc1)C(=O)N[C@@H](Cc1cccnc1)C(=O)O. The molecule has 0 saturated heterocycles. The number of benzene rings is 1. The fraction of sp³-hybridized carbons (Fsp3) is 0.280. The monoisotopic (exact) mass is 523 g/mol. The highest BCUT2D eigenvalue weighted by atomic mass is 32.1. The van der Waals surface area contributed by atoms with Gasteiger partial charge in [-0.2, -0.15) is 4.99 Å². The highest BCUT2D eigenvalue weighted by Crippen LogP contribution is 2.26. The largest absolute Gasteiger partial charge is 0.480 e. The fourth-order valence-corrected chi connectivity index (χ4v) is 4.24. The molecule has 0 bridgehead atoms. The van der Waals surface area contributed by atoms with Crippen molar-refractivity contribution in [2.24, 2.45) is 22.4 Å². The number of carboxylic acids is 1. The van der Waals surface area contributed by atoms with Gasteiger partial charge in [0.05, 0.1) is 5.69 Å². The molecule has 2 amide bonds. The lowest BCUT2D eigenvalue weighted by atomic mass is 10.0. The Kier molecular flexibility index (Phi) is 9.27. The van der Waals surface area contributed by atoms with E-state index in [-0.39, 0.29) is 18.3 Å². The predicted molar refractivity (Wildman–Crippen MR) is 141 cm³/mol. The van der Waals surface area contributed by atoms with Crippen LogP contribution in [0.1, 0.15) is 36.2 Å². The van der Waals surface area contributed by atoms with Crippen LogP contribution in [0, 0.1) is 5.92 Å². The van der Waals surface area contributed by atoms with Crippen LogP contribution in [-0.2, 0) is 16.0 Å². The number of nitrogens with zero attached hydrogens (tertiary/aromatic N) is 3. The molecule has 0 aliphatic rings. The molecule has 1 aromatic carbocycles. The van der Waals surface area contributed by atoms with Crippen molar-refractivity contribution in [1.82, 2.24) is 20.6 Å². The number of nitrogens with one attached hydrogen (secondary N) is 2. The van der Waals surface area contributed by atoms with Crippen LogP contribution in [-0.4, -0.2) is 50.9 Å². The van der Waals surface area contributed by atoms with Crippen LogP contribution in [0.3, 0.4) is 0 Å². The van der Waals surface area contributed by atoms with Gasteiger partial charge >= 0.3 is 5.97 Å². The van der Waals surface area contributed by atoms with Crippen molar-refractivity contribution in [2.75, 3.05) is 0 Å². The van der Waals surface area contributed by atoms with Crippen molar-refractivity contribution in [2.45, 2.75) is 38.8 Å². The second kappa shape index (κ2) is 12.6. The second-order valence-corrected chi connectivity index (χ2v) is 9.59. The number of pyridine rings is 1. The standard InChI is InChI=1S/C25H29N7O4S/c1-14(2)10-18(22(34)30-19(23(35)36)11-15-4-3-9-28-12-15)29-21(33)17-7-5-16(6-8-17)20-13-37-25(31-20)32-24(26)27/h3-9,12-14,18-19H,10-11H2,1-2H3,(H,29,33)(H,30,34)(H,35,36)(H4,26,27,31,32)/t18-,19-/m0/s1. The van der Waals surface area contributed by atoms with Crippen LogP contribution in [0.4, 0.5) is 5.13 Å². The minimum Gasteiger partial charge on any atom is -0.480 e. The molecule has 0 fully saturated rings. The van der Waals surface area contributed by atoms with E-state index in [0.717, 1.165) is 5.56 Å². The van der Waals surface area contributed by atoms with E-state index >= 15 is 0 Å². The lowest BCUT2D eigenvalue weighted by Gasteiger charge is -2.23. The molecule has 2 aromatic heterocycles. The van der Waals surface area contributed by atoms with Crippen molar-refractivity contribution in [1.29, 1.82) is 0 Å². The van der Waals surface area contributed by atoms with Crippen LogP contribution >= 0.6 is 11.3 Å². The number of amides is 2. The number of aliphatic imine (C=N–C) groups is 1. The zero-order valence-corrected chi connectivity index (χ0v) is 21.2. The second-order valence-electron chi connectivity index (χ2n) is 8.75. The van der Waals surface area contributed by atoms with E-state index in [1.165, 1.54) is 11.3 Å². The maximum atomic E-state index is 13.0. The molecule has 2 atom stereocenters. The molecule has 2 heterocycles. The van der Waals surface area contributed by atoms with Crippen molar-refractivity contribution < 1.29 is 19.5 Å². The minimum absolute atomic E-state index is 0.0697. The first kappa shape index (κ1) is 27.3. The summed E-state index contributed by atoms with van der Waals surface area (Å²) in [4.78, 5) is 50.0. The molecule has 0 unspecified atom stereocenters. The summed E-state index contributed by atoms with van der Waals surface area (Å²) in [5, 5.41) is 17.1. The lowest BCUT2D eigenvalue weighted by Crippen LogP contribution is -2.52. The average molecular weight is 524 g/mol. The van der Waals surface area contributed by atoms with Gasteiger partial charge in [-0.1, -0.05) is 32.0 Å². The van der Waals surface area contributed by atoms with Gasteiger partial charge < -0.3 is 27.2 Å². The Morgan fingerprint density at radius 2 is 1.81 bits per heavy atom. The van der Waals surface area contributed by atoms with Gasteiger partial charge in [-0.15, -0.1) is 11.3 Å². The number of carbonyl (C=O) groups is 3.